The molecule has 0 fully saturated rings. The number of benzene rings is 2. The molecule has 0 saturated heterocycles. The summed E-state index contributed by atoms with van der Waals surface area (Å²) in [4.78, 5) is 10.6. The van der Waals surface area contributed by atoms with Gasteiger partial charge in [-0.3, -0.25) is 0 Å². The molecule has 1 nitrogen and oxygen atoms in total. The summed E-state index contributed by atoms with van der Waals surface area (Å²) in [5.74, 6) is 0. The second-order valence-electron chi connectivity index (χ2n) is 3.80. The van der Waals surface area contributed by atoms with E-state index in [0.717, 1.165) is 10.4 Å². The van der Waals surface area contributed by atoms with Crippen LogP contribution in [0.4, 0.5) is 0 Å². The fourth-order valence-electron chi connectivity index (χ4n) is 1.69. The standard InChI is InChI=1S/C13H14OSi/c1-15(14,12-8-4-2-5-9-12)13-10-6-3-7-11-13/h2-11,14H,1H3/i14+2. The fourth-order valence-corrected chi connectivity index (χ4v) is 3.71. The Bertz CT molecular complexity index is 381. The Morgan fingerprint density at radius 3 is 1.40 bits per heavy atom. The average molecular weight is 216 g/mol. The molecule has 1 N–H and O–H groups in total. The highest BCUT2D eigenvalue weighted by Crippen LogP contribution is 2.00. The summed E-state index contributed by atoms with van der Waals surface area (Å²) < 4.78 is 0. The molecule has 2 aromatic rings. The van der Waals surface area contributed by atoms with E-state index in [2.05, 4.69) is 0 Å². The van der Waals surface area contributed by atoms with Gasteiger partial charge >= 0.3 is 0 Å². The highest BCUT2D eigenvalue weighted by atomic mass is 28.4. The number of hydrogen-bond donors (Lipinski definition) is 1. The molecule has 0 aliphatic carbocycles. The highest BCUT2D eigenvalue weighted by Gasteiger charge is 2.28. The number of hydrogen-bond acceptors (Lipinski definition) is 1. The Morgan fingerprint density at radius 2 is 1.07 bits per heavy atom. The predicted molar refractivity (Wildman–Crippen MR) is 66.0 cm³/mol. The Balaban J connectivity index is 2.44. The second kappa shape index (κ2) is 4.01. The predicted octanol–water partition coefficient (Wildman–Crippen LogP) is 1.37. The van der Waals surface area contributed by atoms with E-state index in [9.17, 15) is 4.80 Å². The van der Waals surface area contributed by atoms with E-state index < -0.39 is 8.32 Å². The summed E-state index contributed by atoms with van der Waals surface area (Å²) in [7, 11) is -2.46. The zero-order valence-electron chi connectivity index (χ0n) is 8.72. The van der Waals surface area contributed by atoms with Gasteiger partial charge in [0.25, 0.3) is 0 Å². The highest BCUT2D eigenvalue weighted by molar-refractivity contribution is 6.95. The topological polar surface area (TPSA) is 20.2 Å². The normalized spacial score (nSPS) is 11.3. The van der Waals surface area contributed by atoms with Crippen molar-refractivity contribution in [2.24, 2.45) is 0 Å². The largest absolute Gasteiger partial charge is 0.424 e. The summed E-state index contributed by atoms with van der Waals surface area (Å²) in [6.07, 6.45) is 0. The molecular weight excluding hydrogens is 202 g/mol. The zero-order valence-corrected chi connectivity index (χ0v) is 9.72. The first-order valence-electron chi connectivity index (χ1n) is 5.04. The van der Waals surface area contributed by atoms with Crippen molar-refractivity contribution in [1.82, 2.24) is 0 Å². The molecule has 76 valence electrons. The average Bonchev–Trinajstić information content (AvgIpc) is 2.31. The first-order chi connectivity index (χ1) is 7.21. The molecule has 2 aromatic carbocycles. The Labute approximate surface area is 91.2 Å². The van der Waals surface area contributed by atoms with Crippen LogP contribution in [0.3, 0.4) is 0 Å². The van der Waals surface area contributed by atoms with Crippen molar-refractivity contribution in [2.45, 2.75) is 6.55 Å². The van der Waals surface area contributed by atoms with Crippen LogP contribution in [-0.4, -0.2) is 13.1 Å². The van der Waals surface area contributed by atoms with Gasteiger partial charge in [-0.05, 0) is 16.9 Å². The van der Waals surface area contributed by atoms with Gasteiger partial charge in [-0.2, -0.15) is 0 Å². The lowest BCUT2D eigenvalue weighted by molar-refractivity contribution is 0.576. The van der Waals surface area contributed by atoms with Gasteiger partial charge in [0.05, 0.1) is 0 Å². The van der Waals surface area contributed by atoms with Gasteiger partial charge in [0.15, 0.2) is 0 Å². The van der Waals surface area contributed by atoms with Gasteiger partial charge in [-0.1, -0.05) is 60.7 Å². The van der Waals surface area contributed by atoms with Crippen LogP contribution in [0, 0.1) is 0 Å². The molecule has 0 radical (unpaired) electrons. The van der Waals surface area contributed by atoms with E-state index in [1.807, 2.05) is 67.2 Å². The Morgan fingerprint density at radius 1 is 0.733 bits per heavy atom. The SMILES string of the molecule is C[Si]([18OH])(c1ccccc1)c1ccccc1. The minimum absolute atomic E-state index is 1.05. The monoisotopic (exact) mass is 216 g/mol. The van der Waals surface area contributed by atoms with Crippen LogP contribution >= 0.6 is 0 Å². The molecule has 0 heterocycles. The summed E-state index contributed by atoms with van der Waals surface area (Å²) in [5.41, 5.74) is 0. The van der Waals surface area contributed by atoms with Crippen molar-refractivity contribution in [1.29, 1.82) is 0 Å². The molecule has 0 atom stereocenters. The van der Waals surface area contributed by atoms with Gasteiger partial charge in [0, 0.05) is 0 Å². The van der Waals surface area contributed by atoms with Crippen LogP contribution in [0.15, 0.2) is 60.7 Å². The van der Waals surface area contributed by atoms with Crippen molar-refractivity contribution in [3.8, 4) is 0 Å². The van der Waals surface area contributed by atoms with E-state index in [-0.39, 0.29) is 0 Å². The quantitative estimate of drug-likeness (QED) is 0.594. The number of rotatable bonds is 2. The van der Waals surface area contributed by atoms with E-state index in [0.29, 0.717) is 0 Å². The lowest BCUT2D eigenvalue weighted by Crippen LogP contribution is -2.55. The molecule has 0 spiro atoms. The maximum absolute atomic E-state index is 10.6. The third-order valence-electron chi connectivity index (χ3n) is 2.67. The molecule has 0 amide bonds. The van der Waals surface area contributed by atoms with Crippen molar-refractivity contribution >= 4 is 18.7 Å². The van der Waals surface area contributed by atoms with Gasteiger partial charge in [-0.25, -0.2) is 0 Å². The minimum atomic E-state index is -2.46. The fraction of sp³-hybridized carbons (Fsp3) is 0.0769. The maximum Gasteiger partial charge on any atom is 0.249 e. The van der Waals surface area contributed by atoms with Crippen LogP contribution < -0.4 is 10.4 Å². The van der Waals surface area contributed by atoms with Gasteiger partial charge in [0.2, 0.25) is 8.32 Å². The molecule has 0 unspecified atom stereocenters. The Hall–Kier alpha value is -1.38. The van der Waals surface area contributed by atoms with Gasteiger partial charge in [0.1, 0.15) is 0 Å². The van der Waals surface area contributed by atoms with Crippen LogP contribution in [0.1, 0.15) is 0 Å². The summed E-state index contributed by atoms with van der Waals surface area (Å²) in [6.45, 7) is 1.96. The van der Waals surface area contributed by atoms with E-state index in [1.54, 1.807) is 0 Å². The smallest absolute Gasteiger partial charge is 0.249 e. The van der Waals surface area contributed by atoms with Crippen LogP contribution in [0.2, 0.25) is 6.55 Å². The summed E-state index contributed by atoms with van der Waals surface area (Å²) >= 11 is 0. The molecule has 0 saturated carbocycles. The lowest BCUT2D eigenvalue weighted by atomic mass is 10.4. The van der Waals surface area contributed by atoms with Crippen LogP contribution in [-0.2, 0) is 0 Å². The molecule has 2 heteroatoms. The summed E-state index contributed by atoms with van der Waals surface area (Å²) in [6, 6.07) is 19.8. The molecule has 0 aromatic heterocycles. The third-order valence-corrected chi connectivity index (χ3v) is 5.59. The zero-order chi connectivity index (χ0) is 10.7. The van der Waals surface area contributed by atoms with Crippen molar-refractivity contribution in [2.75, 3.05) is 0 Å². The van der Waals surface area contributed by atoms with E-state index in [1.165, 1.54) is 0 Å². The van der Waals surface area contributed by atoms with Crippen molar-refractivity contribution in [3.63, 3.8) is 0 Å². The van der Waals surface area contributed by atoms with Gasteiger partial charge < -0.3 is 4.80 Å². The second-order valence-corrected chi connectivity index (χ2v) is 7.10. The molecule has 15 heavy (non-hydrogen) atoms. The first kappa shape index (κ1) is 10.1. The Kier molecular flexibility index (Phi) is 2.71. The molecule has 2 rings (SSSR count). The summed E-state index contributed by atoms with van der Waals surface area (Å²) in [5, 5.41) is 2.10. The molecule has 0 aliphatic heterocycles. The van der Waals surface area contributed by atoms with Gasteiger partial charge in [-0.15, -0.1) is 0 Å². The van der Waals surface area contributed by atoms with E-state index in [4.69, 9.17) is 0 Å². The van der Waals surface area contributed by atoms with Crippen LogP contribution in [0.25, 0.3) is 0 Å². The molecule has 0 bridgehead atoms. The van der Waals surface area contributed by atoms with Crippen molar-refractivity contribution in [3.05, 3.63) is 60.7 Å². The van der Waals surface area contributed by atoms with Crippen LogP contribution in [0.5, 0.6) is 0 Å². The third kappa shape index (κ3) is 2.01. The van der Waals surface area contributed by atoms with Crippen molar-refractivity contribution < 1.29 is 4.80 Å². The lowest BCUT2D eigenvalue weighted by Gasteiger charge is -2.20. The molecular formula is C13H14OSi. The minimum Gasteiger partial charge on any atom is -0.424 e. The molecule has 0 aliphatic rings. The maximum atomic E-state index is 10.6. The first-order valence-corrected chi connectivity index (χ1v) is 7.49. The van der Waals surface area contributed by atoms with E-state index >= 15 is 0 Å².